The largest absolute Gasteiger partial charge is 0.364 e. The number of rotatable bonds is 12. The van der Waals surface area contributed by atoms with Gasteiger partial charge >= 0.3 is 29.1 Å². The first-order valence-electron chi connectivity index (χ1n) is 22.1. The van der Waals surface area contributed by atoms with E-state index in [1.165, 1.54) is 6.21 Å². The average Bonchev–Trinajstić information content (AvgIpc) is 4.19. The summed E-state index contributed by atoms with van der Waals surface area (Å²) in [5, 5.41) is 70.5. The van der Waals surface area contributed by atoms with Gasteiger partial charge in [-0.1, -0.05) is 66.3 Å². The van der Waals surface area contributed by atoms with E-state index >= 15 is 0 Å². The average molecular weight is 960 g/mol. The van der Waals surface area contributed by atoms with Crippen LogP contribution in [-0.4, -0.2) is 71.1 Å². The van der Waals surface area contributed by atoms with Gasteiger partial charge in [0.25, 0.3) is 5.70 Å². The maximum atomic E-state index is 10.5. The fraction of sp³-hybridized carbons (Fsp3) is 0.523. The molecule has 0 N–H and O–H groups in total. The molecule has 0 unspecified atom stereocenters. The Morgan fingerprint density at radius 2 is 1.01 bits per heavy atom. The van der Waals surface area contributed by atoms with Gasteiger partial charge in [-0.05, 0) is 107 Å². The summed E-state index contributed by atoms with van der Waals surface area (Å²) in [6.07, 6.45) is 11.3. The number of nitrogens with zero attached hydrogens (tertiary/aromatic N) is 13. The minimum atomic E-state index is -0.539. The van der Waals surface area contributed by atoms with E-state index in [2.05, 4.69) is 41.8 Å². The van der Waals surface area contributed by atoms with Crippen molar-refractivity contribution >= 4 is 35.0 Å². The maximum absolute atomic E-state index is 10.5. The van der Waals surface area contributed by atoms with Gasteiger partial charge in [0, 0.05) is 41.6 Å². The highest BCUT2D eigenvalue weighted by Crippen LogP contribution is 2.26. The predicted molar refractivity (Wildman–Crippen MR) is 260 cm³/mol. The molecule has 370 valence electrons. The SMILES string of the molecule is CC#CC1=NC([N+](=O)[O-])=C(CC)C1.CCC1=C(CC)N=C([N+](=O)[O-])C1.CCC1=C([N+](=O)[O-])C=NC1.CCC1=C([N+](=O)[O-])N=C(C#N)C1.CCC1=CN=C([N+](=O)[O-])C1.CCC1=NC([N+](=O)[O-])=C(CC)C1. The predicted octanol–water partition coefficient (Wildman–Crippen LogP) is 9.66. The summed E-state index contributed by atoms with van der Waals surface area (Å²) < 4.78 is 0. The first-order chi connectivity index (χ1) is 32.7. The molecule has 0 aliphatic carbocycles. The highest BCUT2D eigenvalue weighted by molar-refractivity contribution is 6.04. The molecule has 25 heteroatoms. The van der Waals surface area contributed by atoms with Crippen LogP contribution >= 0.6 is 0 Å². The topological polar surface area (TPSA) is 357 Å². The molecule has 6 rings (SSSR count). The molecule has 0 aromatic rings. The minimum absolute atomic E-state index is 0.0137. The molecular formula is C44H57N13O12. The third-order valence-electron chi connectivity index (χ3n) is 10.4. The summed E-state index contributed by atoms with van der Waals surface area (Å²) >= 11 is 0. The van der Waals surface area contributed by atoms with Crippen LogP contribution in [0.25, 0.3) is 0 Å². The highest BCUT2D eigenvalue weighted by Gasteiger charge is 2.29. The van der Waals surface area contributed by atoms with Gasteiger partial charge in [0.2, 0.25) is 11.4 Å². The fourth-order valence-electron chi connectivity index (χ4n) is 6.50. The van der Waals surface area contributed by atoms with Crippen molar-refractivity contribution in [2.75, 3.05) is 6.54 Å². The number of aliphatic imine (C=N–C) groups is 6. The van der Waals surface area contributed by atoms with Gasteiger partial charge in [0.15, 0.2) is 5.70 Å². The van der Waals surface area contributed by atoms with Gasteiger partial charge in [-0.3, -0.25) is 15.1 Å². The number of allylic oxidation sites excluding steroid dienone is 5. The lowest BCUT2D eigenvalue weighted by Crippen LogP contribution is -2.08. The molecule has 0 saturated carbocycles. The third-order valence-corrected chi connectivity index (χ3v) is 10.4. The standard InChI is InChI=1S/C9H10N2O2.2C8H12N2O2.C7H7N3O2.2C6H8N2O2/c1-3-5-8-6-7(4-2)9(10-8)11(12)13;1-3-6-5-8(10(11)12)9-7(6)4-2;1-3-6-5-7(4-2)9-8(6)10(11)12;1-2-5-3-6(4-8)9-7(5)10(11)12;1-2-5-3-7-4-6(5)8(9)10;1-2-5-3-6(7-4-5)8(9)10/h4,6H2,1-2H3;2*3-5H2,1-2H3;2-3H2,1H3;2*4H,2-3H2,1H3. The zero-order valence-corrected chi connectivity index (χ0v) is 40.3. The lowest BCUT2D eigenvalue weighted by atomic mass is 10.1. The molecule has 0 fully saturated rings. The molecule has 0 radical (unpaired) electrons. The van der Waals surface area contributed by atoms with Crippen molar-refractivity contribution in [2.24, 2.45) is 30.0 Å². The fourth-order valence-corrected chi connectivity index (χ4v) is 6.50. The summed E-state index contributed by atoms with van der Waals surface area (Å²) in [6, 6.07) is 1.82. The normalized spacial score (nSPS) is 16.2. The van der Waals surface area contributed by atoms with Crippen LogP contribution in [0, 0.1) is 83.9 Å². The number of nitriles is 1. The quantitative estimate of drug-likeness (QED) is 0.0999. The number of hydrogen-bond donors (Lipinski definition) is 0. The Morgan fingerprint density at radius 3 is 1.35 bits per heavy atom. The van der Waals surface area contributed by atoms with E-state index in [9.17, 15) is 60.7 Å². The molecule has 0 spiro atoms. The van der Waals surface area contributed by atoms with Crippen molar-refractivity contribution in [3.63, 3.8) is 0 Å². The first-order valence-corrected chi connectivity index (χ1v) is 22.1. The van der Waals surface area contributed by atoms with Gasteiger partial charge in [-0.25, -0.2) is 0 Å². The van der Waals surface area contributed by atoms with E-state index in [1.54, 1.807) is 13.1 Å². The van der Waals surface area contributed by atoms with Gasteiger partial charge < -0.3 is 50.6 Å². The molecule has 0 aromatic heterocycles. The van der Waals surface area contributed by atoms with E-state index in [0.717, 1.165) is 77.8 Å². The molecule has 69 heavy (non-hydrogen) atoms. The molecule has 0 amide bonds. The summed E-state index contributed by atoms with van der Waals surface area (Å²) in [4.78, 5) is 82.3. The Bertz CT molecular complexity index is 2530. The van der Waals surface area contributed by atoms with Gasteiger partial charge in [0.05, 0.1) is 43.4 Å². The number of nitro groups is 6. The monoisotopic (exact) mass is 959 g/mol. The zero-order chi connectivity index (χ0) is 52.4. The van der Waals surface area contributed by atoms with Crippen LogP contribution in [0.2, 0.25) is 0 Å². The molecule has 25 nitrogen and oxygen atoms in total. The lowest BCUT2D eigenvalue weighted by molar-refractivity contribution is -0.426. The van der Waals surface area contributed by atoms with Crippen LogP contribution < -0.4 is 0 Å². The second-order valence-electron chi connectivity index (χ2n) is 14.7. The number of hydrogen-bond acceptors (Lipinski definition) is 19. The Labute approximate surface area is 398 Å². The molecule has 0 bridgehead atoms. The summed E-state index contributed by atoms with van der Waals surface area (Å²) in [5.74, 6) is 5.52. The van der Waals surface area contributed by atoms with Gasteiger partial charge in [-0.2, -0.15) is 5.26 Å². The molecule has 0 saturated heterocycles. The number of amidine groups is 2. The molecular weight excluding hydrogens is 903 g/mol. The zero-order valence-electron chi connectivity index (χ0n) is 40.3. The van der Waals surface area contributed by atoms with E-state index in [-0.39, 0.29) is 50.4 Å². The second-order valence-corrected chi connectivity index (χ2v) is 14.7. The molecule has 6 aliphatic rings. The summed E-state index contributed by atoms with van der Waals surface area (Å²) in [7, 11) is 0. The lowest BCUT2D eigenvalue weighted by Gasteiger charge is -1.93. The first kappa shape index (κ1) is 58.9. The van der Waals surface area contributed by atoms with Crippen LogP contribution in [0.1, 0.15) is 146 Å². The van der Waals surface area contributed by atoms with Crippen LogP contribution in [-0.2, 0) is 0 Å². The van der Waals surface area contributed by atoms with E-state index < -0.39 is 19.7 Å². The molecule has 0 aromatic carbocycles. The van der Waals surface area contributed by atoms with Crippen LogP contribution in [0.5, 0.6) is 0 Å². The van der Waals surface area contributed by atoms with E-state index in [4.69, 9.17) is 5.26 Å². The minimum Gasteiger partial charge on any atom is -0.358 e. The van der Waals surface area contributed by atoms with Crippen LogP contribution in [0.3, 0.4) is 0 Å². The highest BCUT2D eigenvalue weighted by atomic mass is 16.6. The third kappa shape index (κ3) is 18.6. The van der Waals surface area contributed by atoms with Gasteiger partial charge in [-0.15, -0.1) is 0 Å². The van der Waals surface area contributed by atoms with Gasteiger partial charge in [0.1, 0.15) is 18.0 Å². The van der Waals surface area contributed by atoms with Crippen molar-refractivity contribution in [3.8, 4) is 17.9 Å². The second kappa shape index (κ2) is 30.2. The van der Waals surface area contributed by atoms with Crippen molar-refractivity contribution < 1.29 is 29.5 Å². The molecule has 6 aliphatic heterocycles. The molecule has 6 heterocycles. The van der Waals surface area contributed by atoms with Crippen molar-refractivity contribution in [3.05, 3.63) is 129 Å². The van der Waals surface area contributed by atoms with Crippen LogP contribution in [0.4, 0.5) is 0 Å². The van der Waals surface area contributed by atoms with Crippen molar-refractivity contribution in [1.29, 1.82) is 5.26 Å². The Balaban J connectivity index is 0.000000415. The van der Waals surface area contributed by atoms with E-state index in [1.807, 2.05) is 61.5 Å². The van der Waals surface area contributed by atoms with Crippen molar-refractivity contribution in [2.45, 2.75) is 146 Å². The Kier molecular flexibility index (Phi) is 25.8. The van der Waals surface area contributed by atoms with Crippen molar-refractivity contribution in [1.82, 2.24) is 0 Å². The maximum Gasteiger partial charge on any atom is 0.364 e. The van der Waals surface area contributed by atoms with E-state index in [0.29, 0.717) is 62.8 Å². The Hall–Kier alpha value is -8.09. The summed E-state index contributed by atoms with van der Waals surface area (Å²) in [5.41, 5.74) is 8.09. The smallest absolute Gasteiger partial charge is 0.358 e. The van der Waals surface area contributed by atoms with Crippen LogP contribution in [0.15, 0.2) is 98.5 Å². The Morgan fingerprint density at radius 1 is 0.522 bits per heavy atom. The molecule has 0 atom stereocenters. The summed E-state index contributed by atoms with van der Waals surface area (Å²) in [6.45, 7) is 17.6.